The summed E-state index contributed by atoms with van der Waals surface area (Å²) in [6.07, 6.45) is 0. The molecule has 1 heterocycles. The molecule has 8 nitrogen and oxygen atoms in total. The van der Waals surface area contributed by atoms with Crippen LogP contribution in [0.3, 0.4) is 0 Å². The van der Waals surface area contributed by atoms with Crippen molar-refractivity contribution in [3.8, 4) is 22.9 Å². The third kappa shape index (κ3) is 5.48. The maximum Gasteiger partial charge on any atom is 0.244 e. The van der Waals surface area contributed by atoms with Gasteiger partial charge in [-0.3, -0.25) is 4.79 Å². The van der Waals surface area contributed by atoms with Crippen molar-refractivity contribution in [3.63, 3.8) is 0 Å². The highest BCUT2D eigenvalue weighted by Gasteiger charge is 2.15. The molecule has 9 heteroatoms. The zero-order valence-corrected chi connectivity index (χ0v) is 17.9. The Morgan fingerprint density at radius 1 is 1.10 bits per heavy atom. The van der Waals surface area contributed by atoms with E-state index in [9.17, 15) is 4.79 Å². The molecule has 2 aromatic carbocycles. The molecule has 3 rings (SSSR count). The minimum atomic E-state index is -0.230. The zero-order valence-electron chi connectivity index (χ0n) is 17.1. The largest absolute Gasteiger partial charge is 0.490 e. The van der Waals surface area contributed by atoms with E-state index in [4.69, 9.17) is 21.1 Å². The van der Waals surface area contributed by atoms with Crippen LogP contribution in [0.1, 0.15) is 32.4 Å². The first-order valence-electron chi connectivity index (χ1n) is 9.72. The van der Waals surface area contributed by atoms with E-state index in [1.54, 1.807) is 24.3 Å². The molecule has 0 saturated carbocycles. The highest BCUT2D eigenvalue weighted by Crippen LogP contribution is 2.30. The fourth-order valence-electron chi connectivity index (χ4n) is 2.86. The van der Waals surface area contributed by atoms with Crippen LogP contribution in [0.25, 0.3) is 11.4 Å². The highest BCUT2D eigenvalue weighted by molar-refractivity contribution is 6.30. The van der Waals surface area contributed by atoms with Crippen LogP contribution >= 0.6 is 11.6 Å². The quantitative estimate of drug-likeness (QED) is 0.558. The van der Waals surface area contributed by atoms with Gasteiger partial charge in [0.1, 0.15) is 6.54 Å². The molecule has 0 saturated heterocycles. The van der Waals surface area contributed by atoms with Crippen molar-refractivity contribution in [1.29, 1.82) is 0 Å². The lowest BCUT2D eigenvalue weighted by atomic mass is 10.1. The average molecular weight is 430 g/mol. The Morgan fingerprint density at radius 2 is 1.80 bits per heavy atom. The molecule has 3 aromatic rings. The summed E-state index contributed by atoms with van der Waals surface area (Å²) in [7, 11) is 0. The van der Waals surface area contributed by atoms with Crippen molar-refractivity contribution in [3.05, 3.63) is 53.1 Å². The maximum atomic E-state index is 12.5. The molecular weight excluding hydrogens is 406 g/mol. The Kier molecular flexibility index (Phi) is 7.24. The molecule has 158 valence electrons. The fourth-order valence-corrected chi connectivity index (χ4v) is 2.99. The molecule has 0 radical (unpaired) electrons. The van der Waals surface area contributed by atoms with E-state index in [0.29, 0.717) is 35.6 Å². The predicted molar refractivity (Wildman–Crippen MR) is 114 cm³/mol. The van der Waals surface area contributed by atoms with Crippen molar-refractivity contribution < 1.29 is 14.3 Å². The minimum absolute atomic E-state index is 0.0414. The first kappa shape index (κ1) is 21.6. The third-order valence-electron chi connectivity index (χ3n) is 4.29. The van der Waals surface area contributed by atoms with Gasteiger partial charge in [0, 0.05) is 10.6 Å². The van der Waals surface area contributed by atoms with Gasteiger partial charge in [-0.05, 0) is 67.9 Å². The Bertz CT molecular complexity index is 991. The van der Waals surface area contributed by atoms with Crippen LogP contribution < -0.4 is 14.8 Å². The molecule has 0 fully saturated rings. The molecule has 1 aromatic heterocycles. The lowest BCUT2D eigenvalue weighted by Gasteiger charge is -2.17. The molecule has 0 bridgehead atoms. The normalized spacial score (nSPS) is 11.7. The van der Waals surface area contributed by atoms with Gasteiger partial charge in [0.25, 0.3) is 0 Å². The molecule has 0 aliphatic rings. The number of benzene rings is 2. The van der Waals surface area contributed by atoms with Crippen LogP contribution in [-0.2, 0) is 11.3 Å². The Morgan fingerprint density at radius 3 is 2.50 bits per heavy atom. The molecular formula is C21H24ClN5O3. The molecule has 0 aliphatic heterocycles. The number of halogens is 1. The molecule has 30 heavy (non-hydrogen) atoms. The molecule has 0 aliphatic carbocycles. The standard InChI is InChI=1S/C21H24ClN5O3/c1-4-29-18-11-8-16(12-19(18)30-5-2)14(3)23-20(28)13-27-25-21(24-26-27)15-6-9-17(22)10-7-15/h6-12,14H,4-5,13H2,1-3H3,(H,23,28). The van der Waals surface area contributed by atoms with Gasteiger partial charge >= 0.3 is 0 Å². The molecule has 0 spiro atoms. The summed E-state index contributed by atoms with van der Waals surface area (Å²) in [6, 6.07) is 12.5. The molecule has 1 unspecified atom stereocenters. The Balaban J connectivity index is 1.63. The third-order valence-corrected chi connectivity index (χ3v) is 4.54. The summed E-state index contributed by atoms with van der Waals surface area (Å²) in [5.41, 5.74) is 1.68. The summed E-state index contributed by atoms with van der Waals surface area (Å²) >= 11 is 5.89. The number of nitrogens with zero attached hydrogens (tertiary/aromatic N) is 4. The second-order valence-corrected chi connectivity index (χ2v) is 6.95. The number of amides is 1. The maximum absolute atomic E-state index is 12.5. The number of ether oxygens (including phenoxy) is 2. The second kappa shape index (κ2) is 10.1. The van der Waals surface area contributed by atoms with E-state index < -0.39 is 0 Å². The molecule has 1 N–H and O–H groups in total. The summed E-state index contributed by atoms with van der Waals surface area (Å²) < 4.78 is 11.2. The van der Waals surface area contributed by atoms with Crippen LogP contribution in [0.2, 0.25) is 5.02 Å². The van der Waals surface area contributed by atoms with Crippen molar-refractivity contribution in [2.24, 2.45) is 0 Å². The average Bonchev–Trinajstić information content (AvgIpc) is 3.18. The Labute approximate surface area is 180 Å². The second-order valence-electron chi connectivity index (χ2n) is 6.51. The predicted octanol–water partition coefficient (Wildman–Crippen LogP) is 3.67. The SMILES string of the molecule is CCOc1ccc(C(C)NC(=O)Cn2nnc(-c3ccc(Cl)cc3)n2)cc1OCC. The van der Waals surface area contributed by atoms with Crippen molar-refractivity contribution in [2.75, 3.05) is 13.2 Å². The molecule has 1 amide bonds. The topological polar surface area (TPSA) is 91.2 Å². The first-order chi connectivity index (χ1) is 14.5. The van der Waals surface area contributed by atoms with Crippen LogP contribution in [0, 0.1) is 0 Å². The van der Waals surface area contributed by atoms with E-state index in [1.165, 1.54) is 4.80 Å². The van der Waals surface area contributed by atoms with Gasteiger partial charge in [0.15, 0.2) is 11.5 Å². The minimum Gasteiger partial charge on any atom is -0.490 e. The van der Waals surface area contributed by atoms with Crippen molar-refractivity contribution in [1.82, 2.24) is 25.5 Å². The van der Waals surface area contributed by atoms with Crippen molar-refractivity contribution >= 4 is 17.5 Å². The number of nitrogens with one attached hydrogen (secondary N) is 1. The number of hydrogen-bond acceptors (Lipinski definition) is 6. The number of aromatic nitrogens is 4. The van der Waals surface area contributed by atoms with Crippen LogP contribution in [0.5, 0.6) is 11.5 Å². The first-order valence-corrected chi connectivity index (χ1v) is 10.1. The number of hydrogen-bond donors (Lipinski definition) is 1. The summed E-state index contributed by atoms with van der Waals surface area (Å²) in [4.78, 5) is 13.7. The van der Waals surface area contributed by atoms with Crippen LogP contribution in [0.15, 0.2) is 42.5 Å². The van der Waals surface area contributed by atoms with Gasteiger partial charge in [-0.2, -0.15) is 4.80 Å². The Hall–Kier alpha value is -3.13. The lowest BCUT2D eigenvalue weighted by molar-refractivity contribution is -0.122. The van der Waals surface area contributed by atoms with Crippen LogP contribution in [-0.4, -0.2) is 39.3 Å². The van der Waals surface area contributed by atoms with E-state index in [2.05, 4.69) is 20.7 Å². The summed E-state index contributed by atoms with van der Waals surface area (Å²) in [6.45, 7) is 6.77. The van der Waals surface area contributed by atoms with E-state index in [-0.39, 0.29) is 18.5 Å². The van der Waals surface area contributed by atoms with Gasteiger partial charge < -0.3 is 14.8 Å². The number of tetrazole rings is 1. The van der Waals surface area contributed by atoms with Gasteiger partial charge in [0.05, 0.1) is 19.3 Å². The summed E-state index contributed by atoms with van der Waals surface area (Å²) in [5.74, 6) is 1.54. The monoisotopic (exact) mass is 429 g/mol. The van der Waals surface area contributed by atoms with Crippen LogP contribution in [0.4, 0.5) is 0 Å². The number of carbonyl (C=O) groups excluding carboxylic acids is 1. The van der Waals surface area contributed by atoms with E-state index >= 15 is 0 Å². The highest BCUT2D eigenvalue weighted by atomic mass is 35.5. The van der Waals surface area contributed by atoms with E-state index in [1.807, 2.05) is 39.0 Å². The summed E-state index contributed by atoms with van der Waals surface area (Å²) in [5, 5.41) is 15.8. The van der Waals surface area contributed by atoms with Gasteiger partial charge in [-0.25, -0.2) is 0 Å². The van der Waals surface area contributed by atoms with Gasteiger partial charge in [-0.15, -0.1) is 10.2 Å². The smallest absolute Gasteiger partial charge is 0.244 e. The van der Waals surface area contributed by atoms with E-state index in [0.717, 1.165) is 11.1 Å². The van der Waals surface area contributed by atoms with Gasteiger partial charge in [0.2, 0.25) is 11.7 Å². The number of carbonyl (C=O) groups is 1. The van der Waals surface area contributed by atoms with Gasteiger partial charge in [-0.1, -0.05) is 17.7 Å². The molecule has 1 atom stereocenters. The zero-order chi connectivity index (χ0) is 21.5. The van der Waals surface area contributed by atoms with Crippen molar-refractivity contribution in [2.45, 2.75) is 33.4 Å². The number of rotatable bonds is 9. The lowest BCUT2D eigenvalue weighted by Crippen LogP contribution is -2.30. The fraction of sp³-hybridized carbons (Fsp3) is 0.333.